The molecule has 0 fully saturated rings. The fourth-order valence-electron chi connectivity index (χ4n) is 2.46. The predicted octanol–water partition coefficient (Wildman–Crippen LogP) is 3.68. The number of carboxylic acid groups (broad SMARTS) is 1. The van der Waals surface area contributed by atoms with Crippen LogP contribution >= 0.6 is 11.8 Å². The lowest BCUT2D eigenvalue weighted by molar-refractivity contribution is -0.113. The number of fused-ring (bicyclic) bond motifs is 1. The second-order valence-electron chi connectivity index (χ2n) is 5.54. The highest BCUT2D eigenvalue weighted by atomic mass is 32.2. The van der Waals surface area contributed by atoms with Crippen LogP contribution in [0.4, 0.5) is 5.69 Å². The minimum Gasteiger partial charge on any atom is -0.504 e. The highest BCUT2D eigenvalue weighted by Gasteiger charge is 2.12. The molecule has 0 aromatic heterocycles. The molecule has 0 aliphatic heterocycles. The number of hydrogen-bond donors (Lipinski definition) is 4. The number of benzene rings is 3. The van der Waals surface area contributed by atoms with E-state index in [1.165, 1.54) is 36.0 Å². The van der Waals surface area contributed by atoms with Gasteiger partial charge in [0.05, 0.1) is 17.0 Å². The lowest BCUT2D eigenvalue weighted by atomic mass is 10.1. The van der Waals surface area contributed by atoms with Gasteiger partial charge in [0.25, 0.3) is 0 Å². The van der Waals surface area contributed by atoms with Crippen LogP contribution in [0.25, 0.3) is 10.8 Å². The smallest absolute Gasteiger partial charge is 0.337 e. The molecule has 0 bridgehead atoms. The van der Waals surface area contributed by atoms with Crippen LogP contribution < -0.4 is 5.32 Å². The Morgan fingerprint density at radius 1 is 0.923 bits per heavy atom. The molecule has 6 nitrogen and oxygen atoms in total. The molecular weight excluding hydrogens is 354 g/mol. The van der Waals surface area contributed by atoms with Crippen LogP contribution in [0.3, 0.4) is 0 Å². The van der Waals surface area contributed by atoms with Gasteiger partial charge in [-0.05, 0) is 47.2 Å². The van der Waals surface area contributed by atoms with Crippen molar-refractivity contribution in [2.75, 3.05) is 11.1 Å². The Morgan fingerprint density at radius 3 is 2.35 bits per heavy atom. The molecule has 132 valence electrons. The largest absolute Gasteiger partial charge is 0.504 e. The number of nitrogens with one attached hydrogen (secondary N) is 1. The molecule has 0 saturated heterocycles. The third-order valence-electron chi connectivity index (χ3n) is 3.71. The zero-order valence-electron chi connectivity index (χ0n) is 13.5. The molecule has 0 heterocycles. The number of rotatable bonds is 5. The van der Waals surface area contributed by atoms with E-state index in [-0.39, 0.29) is 34.4 Å². The number of aromatic hydroxyl groups is 2. The van der Waals surface area contributed by atoms with Gasteiger partial charge in [0.1, 0.15) is 0 Å². The Hall–Kier alpha value is -3.19. The van der Waals surface area contributed by atoms with Crippen LogP contribution in [0, 0.1) is 0 Å². The van der Waals surface area contributed by atoms with Gasteiger partial charge in [-0.2, -0.15) is 0 Å². The summed E-state index contributed by atoms with van der Waals surface area (Å²) in [7, 11) is 0. The van der Waals surface area contributed by atoms with Crippen molar-refractivity contribution in [2.45, 2.75) is 4.90 Å². The first-order chi connectivity index (χ1) is 12.4. The zero-order valence-corrected chi connectivity index (χ0v) is 14.3. The molecular formula is C19H15NO5S. The summed E-state index contributed by atoms with van der Waals surface area (Å²) in [4.78, 5) is 24.1. The number of phenols is 2. The number of aromatic carboxylic acids is 1. The lowest BCUT2D eigenvalue weighted by Crippen LogP contribution is -2.16. The first-order valence-electron chi connectivity index (χ1n) is 7.65. The van der Waals surface area contributed by atoms with Crippen molar-refractivity contribution in [2.24, 2.45) is 0 Å². The molecule has 0 unspecified atom stereocenters. The van der Waals surface area contributed by atoms with E-state index < -0.39 is 5.97 Å². The van der Waals surface area contributed by atoms with Crippen molar-refractivity contribution in [1.82, 2.24) is 0 Å². The SMILES string of the molecule is O=C(CSc1ccc2cc(O)c(O)cc2c1)Nc1ccccc1C(=O)O. The maximum absolute atomic E-state index is 12.1. The topological polar surface area (TPSA) is 107 Å². The Labute approximate surface area is 153 Å². The molecule has 0 aliphatic carbocycles. The number of hydrogen-bond acceptors (Lipinski definition) is 5. The summed E-state index contributed by atoms with van der Waals surface area (Å²) >= 11 is 1.28. The van der Waals surface area contributed by atoms with Gasteiger partial charge in [0, 0.05) is 4.90 Å². The van der Waals surface area contributed by atoms with Crippen LogP contribution in [0.15, 0.2) is 59.5 Å². The van der Waals surface area contributed by atoms with Crippen LogP contribution in [0.5, 0.6) is 11.5 Å². The molecule has 3 aromatic carbocycles. The Kier molecular flexibility index (Phi) is 4.99. The molecule has 3 rings (SSSR count). The third kappa shape index (κ3) is 3.89. The van der Waals surface area contributed by atoms with E-state index in [9.17, 15) is 19.8 Å². The molecule has 7 heteroatoms. The summed E-state index contributed by atoms with van der Waals surface area (Å²) in [6, 6.07) is 14.5. The van der Waals surface area contributed by atoms with E-state index in [0.29, 0.717) is 0 Å². The van der Waals surface area contributed by atoms with Crippen LogP contribution in [0.2, 0.25) is 0 Å². The number of thioether (sulfide) groups is 1. The summed E-state index contributed by atoms with van der Waals surface area (Å²) in [5.74, 6) is -1.72. The van der Waals surface area contributed by atoms with Crippen molar-refractivity contribution in [3.63, 3.8) is 0 Å². The van der Waals surface area contributed by atoms with Gasteiger partial charge >= 0.3 is 5.97 Å². The summed E-state index contributed by atoms with van der Waals surface area (Å²) < 4.78 is 0. The van der Waals surface area contributed by atoms with Gasteiger partial charge in [-0.1, -0.05) is 18.2 Å². The van der Waals surface area contributed by atoms with Gasteiger partial charge in [-0.3, -0.25) is 4.79 Å². The van der Waals surface area contributed by atoms with E-state index in [1.807, 2.05) is 6.07 Å². The molecule has 0 atom stereocenters. The average Bonchev–Trinajstić information content (AvgIpc) is 2.61. The minimum absolute atomic E-state index is 0.0341. The minimum atomic E-state index is -1.11. The average molecular weight is 369 g/mol. The first-order valence-corrected chi connectivity index (χ1v) is 8.63. The van der Waals surface area contributed by atoms with Crippen LogP contribution in [0.1, 0.15) is 10.4 Å². The fraction of sp³-hybridized carbons (Fsp3) is 0.0526. The maximum Gasteiger partial charge on any atom is 0.337 e. The number of para-hydroxylation sites is 1. The highest BCUT2D eigenvalue weighted by Crippen LogP contribution is 2.32. The molecule has 0 spiro atoms. The number of carbonyl (C=O) groups is 2. The van der Waals surface area contributed by atoms with E-state index in [1.54, 1.807) is 24.3 Å². The molecule has 1 amide bonds. The molecule has 3 aromatic rings. The summed E-state index contributed by atoms with van der Waals surface area (Å²) in [6.07, 6.45) is 0. The molecule has 0 aliphatic rings. The predicted molar refractivity (Wildman–Crippen MR) is 100 cm³/mol. The Bertz CT molecular complexity index is 1000. The zero-order chi connectivity index (χ0) is 18.7. The monoisotopic (exact) mass is 369 g/mol. The van der Waals surface area contributed by atoms with Crippen molar-refractivity contribution in [3.8, 4) is 11.5 Å². The lowest BCUT2D eigenvalue weighted by Gasteiger charge is -2.09. The second kappa shape index (κ2) is 7.37. The Balaban J connectivity index is 1.69. The van der Waals surface area contributed by atoms with Crippen LogP contribution in [-0.2, 0) is 4.79 Å². The summed E-state index contributed by atoms with van der Waals surface area (Å²) in [5.41, 5.74) is 0.288. The maximum atomic E-state index is 12.1. The van der Waals surface area contributed by atoms with Gasteiger partial charge in [-0.25, -0.2) is 4.79 Å². The van der Waals surface area contributed by atoms with Gasteiger partial charge in [-0.15, -0.1) is 11.8 Å². The van der Waals surface area contributed by atoms with Gasteiger partial charge in [0.15, 0.2) is 11.5 Å². The number of phenolic OH excluding ortho intramolecular Hbond substituents is 2. The number of carboxylic acids is 1. The van der Waals surface area contributed by atoms with Crippen molar-refractivity contribution in [3.05, 3.63) is 60.2 Å². The van der Waals surface area contributed by atoms with E-state index in [4.69, 9.17) is 5.11 Å². The van der Waals surface area contributed by atoms with Crippen molar-refractivity contribution < 1.29 is 24.9 Å². The number of carbonyl (C=O) groups excluding carboxylic acids is 1. The van der Waals surface area contributed by atoms with E-state index in [0.717, 1.165) is 15.7 Å². The van der Waals surface area contributed by atoms with E-state index >= 15 is 0 Å². The van der Waals surface area contributed by atoms with Crippen molar-refractivity contribution >= 4 is 40.1 Å². The second-order valence-corrected chi connectivity index (χ2v) is 6.59. The first kappa shape index (κ1) is 17.6. The summed E-state index contributed by atoms with van der Waals surface area (Å²) in [6.45, 7) is 0. The summed E-state index contributed by atoms with van der Waals surface area (Å²) in [5, 5.41) is 32.3. The van der Waals surface area contributed by atoms with Gasteiger partial charge < -0.3 is 20.6 Å². The van der Waals surface area contributed by atoms with E-state index in [2.05, 4.69) is 5.32 Å². The standard InChI is InChI=1S/C19H15NO5S/c21-16-8-11-5-6-13(7-12(11)9-17(16)22)26-10-18(23)20-15-4-2-1-3-14(15)19(24)25/h1-9,21-22H,10H2,(H,20,23)(H,24,25). The molecule has 0 saturated carbocycles. The number of anilines is 1. The normalized spacial score (nSPS) is 10.6. The highest BCUT2D eigenvalue weighted by molar-refractivity contribution is 8.00. The van der Waals surface area contributed by atoms with Gasteiger partial charge in [0.2, 0.25) is 5.91 Å². The van der Waals surface area contributed by atoms with Crippen molar-refractivity contribution in [1.29, 1.82) is 0 Å². The van der Waals surface area contributed by atoms with Crippen LogP contribution in [-0.4, -0.2) is 32.9 Å². The molecule has 26 heavy (non-hydrogen) atoms. The fourth-order valence-corrected chi connectivity index (χ4v) is 3.20. The molecule has 4 N–H and O–H groups in total. The number of amides is 1. The Morgan fingerprint density at radius 2 is 1.62 bits per heavy atom. The third-order valence-corrected chi connectivity index (χ3v) is 4.70. The quantitative estimate of drug-likeness (QED) is 0.404. The molecule has 0 radical (unpaired) electrons.